The molecule has 126 valence electrons. The van der Waals surface area contributed by atoms with Gasteiger partial charge in [0.05, 0.1) is 16.1 Å². The molecule has 0 fully saturated rings. The molecule has 0 aliphatic rings. The van der Waals surface area contributed by atoms with Crippen molar-refractivity contribution in [2.24, 2.45) is 0 Å². The molecule has 0 atom stereocenters. The maximum atomic E-state index is 10.5. The molecule has 0 aromatic heterocycles. The molecule has 0 aliphatic carbocycles. The molecule has 0 heterocycles. The molecule has 2 N–H and O–H groups in total. The SMILES string of the molecule is CC(C)c1ccc(C(=O)O)cc1.O=C(O)c1ccc([N+](=O)[O-])cc1. The first-order valence-electron chi connectivity index (χ1n) is 7.03. The van der Waals surface area contributed by atoms with Gasteiger partial charge in [-0.15, -0.1) is 0 Å². The lowest BCUT2D eigenvalue weighted by Crippen LogP contribution is -1.96. The first kappa shape index (κ1) is 18.8. The van der Waals surface area contributed by atoms with Gasteiger partial charge in [-0.1, -0.05) is 26.0 Å². The Kier molecular flexibility index (Phi) is 6.61. The highest BCUT2D eigenvalue weighted by Gasteiger charge is 2.07. The number of benzene rings is 2. The van der Waals surface area contributed by atoms with Gasteiger partial charge < -0.3 is 10.2 Å². The van der Waals surface area contributed by atoms with Gasteiger partial charge in [-0.25, -0.2) is 9.59 Å². The minimum atomic E-state index is -1.09. The third-order valence-electron chi connectivity index (χ3n) is 3.15. The molecule has 2 aromatic rings. The molecule has 7 heteroatoms. The summed E-state index contributed by atoms with van der Waals surface area (Å²) >= 11 is 0. The van der Waals surface area contributed by atoms with Crippen LogP contribution in [0.15, 0.2) is 48.5 Å². The standard InChI is InChI=1S/C10H12O2.C7H5NO4/c1-7(2)8-3-5-9(6-4-8)10(11)12;9-7(10)5-1-3-6(4-2-5)8(11)12/h3-7H,1-2H3,(H,11,12);1-4H,(H,9,10). The summed E-state index contributed by atoms with van der Waals surface area (Å²) in [4.78, 5) is 30.4. The van der Waals surface area contributed by atoms with Crippen LogP contribution in [0.5, 0.6) is 0 Å². The van der Waals surface area contributed by atoms with Crippen LogP contribution in [0.2, 0.25) is 0 Å². The number of nitro groups is 1. The van der Waals surface area contributed by atoms with Crippen LogP contribution < -0.4 is 0 Å². The molecule has 7 nitrogen and oxygen atoms in total. The third-order valence-corrected chi connectivity index (χ3v) is 3.15. The van der Waals surface area contributed by atoms with Gasteiger partial charge in [0.2, 0.25) is 0 Å². The van der Waals surface area contributed by atoms with E-state index in [2.05, 4.69) is 13.8 Å². The average molecular weight is 331 g/mol. The van der Waals surface area contributed by atoms with Crippen molar-refractivity contribution in [1.29, 1.82) is 0 Å². The quantitative estimate of drug-likeness (QED) is 0.650. The first-order valence-corrected chi connectivity index (χ1v) is 7.03. The van der Waals surface area contributed by atoms with E-state index in [9.17, 15) is 19.7 Å². The maximum absolute atomic E-state index is 10.5. The molecule has 0 spiro atoms. The molecule has 0 aliphatic heterocycles. The van der Waals surface area contributed by atoms with E-state index >= 15 is 0 Å². The van der Waals surface area contributed by atoms with Gasteiger partial charge in [-0.05, 0) is 35.7 Å². The smallest absolute Gasteiger partial charge is 0.335 e. The van der Waals surface area contributed by atoms with Crippen molar-refractivity contribution in [3.05, 3.63) is 75.3 Å². The monoisotopic (exact) mass is 331 g/mol. The second kappa shape index (κ2) is 8.42. The predicted octanol–water partition coefficient (Wildman–Crippen LogP) is 3.80. The van der Waals surface area contributed by atoms with Gasteiger partial charge in [0.15, 0.2) is 0 Å². The lowest BCUT2D eigenvalue weighted by atomic mass is 10.0. The first-order chi connectivity index (χ1) is 11.2. The Labute approximate surface area is 138 Å². The van der Waals surface area contributed by atoms with E-state index in [0.717, 1.165) is 12.1 Å². The van der Waals surface area contributed by atoms with E-state index in [1.165, 1.54) is 17.7 Å². The third kappa shape index (κ3) is 5.53. The van der Waals surface area contributed by atoms with E-state index in [1.807, 2.05) is 12.1 Å². The van der Waals surface area contributed by atoms with Crippen LogP contribution in [-0.2, 0) is 0 Å². The number of rotatable bonds is 4. The number of hydrogen-bond donors (Lipinski definition) is 2. The summed E-state index contributed by atoms with van der Waals surface area (Å²) in [7, 11) is 0. The van der Waals surface area contributed by atoms with Gasteiger partial charge in [0.25, 0.3) is 5.69 Å². The van der Waals surface area contributed by atoms with Crippen molar-refractivity contribution in [1.82, 2.24) is 0 Å². The molecule has 0 unspecified atom stereocenters. The lowest BCUT2D eigenvalue weighted by molar-refractivity contribution is -0.384. The fourth-order valence-corrected chi connectivity index (χ4v) is 1.74. The Morgan fingerprint density at radius 2 is 1.25 bits per heavy atom. The summed E-state index contributed by atoms with van der Waals surface area (Å²) in [5, 5.41) is 27.2. The highest BCUT2D eigenvalue weighted by Crippen LogP contribution is 2.14. The largest absolute Gasteiger partial charge is 0.478 e. The van der Waals surface area contributed by atoms with Gasteiger partial charge in [0.1, 0.15) is 0 Å². The highest BCUT2D eigenvalue weighted by molar-refractivity contribution is 5.88. The molecule has 2 rings (SSSR count). The second-order valence-electron chi connectivity index (χ2n) is 5.19. The number of nitro benzene ring substituents is 1. The number of non-ortho nitro benzene ring substituents is 1. The fourth-order valence-electron chi connectivity index (χ4n) is 1.74. The van der Waals surface area contributed by atoms with Crippen molar-refractivity contribution in [2.75, 3.05) is 0 Å². The van der Waals surface area contributed by atoms with Crippen LogP contribution in [0.1, 0.15) is 46.0 Å². The summed E-state index contributed by atoms with van der Waals surface area (Å²) in [5.41, 5.74) is 1.44. The number of aromatic carboxylic acids is 2. The molecule has 0 bridgehead atoms. The van der Waals surface area contributed by atoms with E-state index in [0.29, 0.717) is 11.5 Å². The number of carbonyl (C=O) groups is 2. The van der Waals surface area contributed by atoms with Crippen LogP contribution >= 0.6 is 0 Å². The van der Waals surface area contributed by atoms with Gasteiger partial charge in [-0.2, -0.15) is 0 Å². The fraction of sp³-hybridized carbons (Fsp3) is 0.176. The number of carboxylic acid groups (broad SMARTS) is 2. The van der Waals surface area contributed by atoms with Crippen LogP contribution in [-0.4, -0.2) is 27.1 Å². The predicted molar refractivity (Wildman–Crippen MR) is 87.5 cm³/mol. The van der Waals surface area contributed by atoms with Crippen LogP contribution in [0.4, 0.5) is 5.69 Å². The Morgan fingerprint density at radius 3 is 1.54 bits per heavy atom. The second-order valence-corrected chi connectivity index (χ2v) is 5.19. The Morgan fingerprint density at radius 1 is 0.875 bits per heavy atom. The zero-order valence-corrected chi connectivity index (χ0v) is 13.2. The summed E-state index contributed by atoms with van der Waals surface area (Å²) in [6, 6.07) is 11.7. The van der Waals surface area contributed by atoms with E-state index in [-0.39, 0.29) is 11.3 Å². The summed E-state index contributed by atoms with van der Waals surface area (Å²) in [5.74, 6) is -1.51. The maximum Gasteiger partial charge on any atom is 0.335 e. The molecular weight excluding hydrogens is 314 g/mol. The minimum absolute atomic E-state index is 0.0422. The minimum Gasteiger partial charge on any atom is -0.478 e. The number of nitrogens with zero attached hydrogens (tertiary/aromatic N) is 1. The highest BCUT2D eigenvalue weighted by atomic mass is 16.6. The number of hydrogen-bond acceptors (Lipinski definition) is 4. The topological polar surface area (TPSA) is 118 Å². The normalized spacial score (nSPS) is 9.79. The van der Waals surface area contributed by atoms with Gasteiger partial charge in [-0.3, -0.25) is 10.1 Å². The molecule has 0 saturated carbocycles. The van der Waals surface area contributed by atoms with Crippen molar-refractivity contribution in [3.63, 3.8) is 0 Å². The summed E-state index contributed by atoms with van der Waals surface area (Å²) < 4.78 is 0. The van der Waals surface area contributed by atoms with E-state index in [4.69, 9.17) is 10.2 Å². The van der Waals surface area contributed by atoms with E-state index < -0.39 is 16.9 Å². The van der Waals surface area contributed by atoms with Crippen LogP contribution in [0.25, 0.3) is 0 Å². The van der Waals surface area contributed by atoms with Crippen LogP contribution in [0, 0.1) is 10.1 Å². The Balaban J connectivity index is 0.000000240. The molecular formula is C17H17NO6. The summed E-state index contributed by atoms with van der Waals surface area (Å²) in [6.07, 6.45) is 0. The van der Waals surface area contributed by atoms with E-state index in [1.54, 1.807) is 12.1 Å². The van der Waals surface area contributed by atoms with Gasteiger partial charge >= 0.3 is 11.9 Å². The molecule has 2 aromatic carbocycles. The number of carboxylic acids is 2. The van der Waals surface area contributed by atoms with Crippen molar-refractivity contribution in [2.45, 2.75) is 19.8 Å². The Bertz CT molecular complexity index is 687. The van der Waals surface area contributed by atoms with Gasteiger partial charge in [0, 0.05) is 12.1 Å². The van der Waals surface area contributed by atoms with Crippen molar-refractivity contribution >= 4 is 17.6 Å². The van der Waals surface area contributed by atoms with Crippen molar-refractivity contribution in [3.8, 4) is 0 Å². The molecule has 0 radical (unpaired) electrons. The summed E-state index contributed by atoms with van der Waals surface area (Å²) in [6.45, 7) is 4.16. The van der Waals surface area contributed by atoms with Crippen LogP contribution in [0.3, 0.4) is 0 Å². The Hall–Kier alpha value is -3.22. The molecule has 0 saturated heterocycles. The molecule has 24 heavy (non-hydrogen) atoms. The lowest BCUT2D eigenvalue weighted by Gasteiger charge is -2.04. The average Bonchev–Trinajstić information content (AvgIpc) is 2.55. The zero-order chi connectivity index (χ0) is 18.3. The van der Waals surface area contributed by atoms with Crippen molar-refractivity contribution < 1.29 is 24.7 Å². The zero-order valence-electron chi connectivity index (χ0n) is 13.2. The molecule has 0 amide bonds.